The van der Waals surface area contributed by atoms with Gasteiger partial charge >= 0.3 is 0 Å². The van der Waals surface area contributed by atoms with Gasteiger partial charge in [0.2, 0.25) is 0 Å². The smallest absolute Gasteiger partial charge is 0.258 e. The minimum Gasteiger partial charge on any atom is -0.398 e. The standard InChI is InChI=1S/C16H16BrFN2O/c1-3-20(15-7-5-4-6-13(15)18)16(21)12-8-11(17)9-14(19)10(12)2/h4-9H,3,19H2,1-2H3. The van der Waals surface area contributed by atoms with Crippen LogP contribution in [-0.2, 0) is 0 Å². The van der Waals surface area contributed by atoms with Gasteiger partial charge in [0, 0.05) is 22.3 Å². The molecule has 0 atom stereocenters. The molecule has 0 aliphatic heterocycles. The maximum atomic E-state index is 13.9. The maximum absolute atomic E-state index is 13.9. The molecule has 0 saturated heterocycles. The van der Waals surface area contributed by atoms with E-state index in [2.05, 4.69) is 15.9 Å². The van der Waals surface area contributed by atoms with Gasteiger partial charge in [0.25, 0.3) is 5.91 Å². The number of nitrogens with zero attached hydrogens (tertiary/aromatic N) is 1. The van der Waals surface area contributed by atoms with Gasteiger partial charge < -0.3 is 10.6 Å². The number of hydrogen-bond donors (Lipinski definition) is 1. The summed E-state index contributed by atoms with van der Waals surface area (Å²) in [7, 11) is 0. The number of para-hydroxylation sites is 1. The summed E-state index contributed by atoms with van der Waals surface area (Å²) in [5.74, 6) is -0.693. The van der Waals surface area contributed by atoms with Crippen molar-refractivity contribution in [3.05, 3.63) is 57.8 Å². The molecule has 2 aromatic rings. The van der Waals surface area contributed by atoms with Crippen LogP contribution >= 0.6 is 15.9 Å². The van der Waals surface area contributed by atoms with Gasteiger partial charge in [-0.15, -0.1) is 0 Å². The van der Waals surface area contributed by atoms with Crippen LogP contribution in [0.3, 0.4) is 0 Å². The second-order valence-electron chi connectivity index (χ2n) is 4.67. The van der Waals surface area contributed by atoms with Gasteiger partial charge in [0.15, 0.2) is 0 Å². The molecule has 0 unspecified atom stereocenters. The average molecular weight is 351 g/mol. The Bertz CT molecular complexity index is 688. The van der Waals surface area contributed by atoms with Crippen molar-refractivity contribution in [2.24, 2.45) is 0 Å². The summed E-state index contributed by atoms with van der Waals surface area (Å²) in [5, 5.41) is 0. The highest BCUT2D eigenvalue weighted by molar-refractivity contribution is 9.10. The zero-order valence-electron chi connectivity index (χ0n) is 11.9. The SMILES string of the molecule is CCN(C(=O)c1cc(Br)cc(N)c1C)c1ccccc1F. The fourth-order valence-electron chi connectivity index (χ4n) is 2.16. The number of rotatable bonds is 3. The molecule has 2 rings (SSSR count). The van der Waals surface area contributed by atoms with Crippen LogP contribution in [0, 0.1) is 12.7 Å². The lowest BCUT2D eigenvalue weighted by Gasteiger charge is -2.23. The molecule has 0 bridgehead atoms. The van der Waals surface area contributed by atoms with Crippen LogP contribution in [0.1, 0.15) is 22.8 Å². The van der Waals surface area contributed by atoms with Crippen molar-refractivity contribution in [1.82, 2.24) is 0 Å². The van der Waals surface area contributed by atoms with Crippen LogP contribution in [0.25, 0.3) is 0 Å². The number of benzene rings is 2. The van der Waals surface area contributed by atoms with Crippen molar-refractivity contribution in [2.45, 2.75) is 13.8 Å². The number of anilines is 2. The maximum Gasteiger partial charge on any atom is 0.258 e. The molecule has 3 nitrogen and oxygen atoms in total. The summed E-state index contributed by atoms with van der Waals surface area (Å²) in [5.41, 5.74) is 7.84. The van der Waals surface area contributed by atoms with Crippen LogP contribution in [0.5, 0.6) is 0 Å². The second kappa shape index (κ2) is 6.26. The molecule has 0 fully saturated rings. The van der Waals surface area contributed by atoms with E-state index in [1.165, 1.54) is 11.0 Å². The highest BCUT2D eigenvalue weighted by Crippen LogP contribution is 2.26. The highest BCUT2D eigenvalue weighted by atomic mass is 79.9. The zero-order valence-corrected chi connectivity index (χ0v) is 13.4. The lowest BCUT2D eigenvalue weighted by Crippen LogP contribution is -2.32. The van der Waals surface area contributed by atoms with Crippen LogP contribution in [0.2, 0.25) is 0 Å². The van der Waals surface area contributed by atoms with E-state index < -0.39 is 5.82 Å². The van der Waals surface area contributed by atoms with Crippen LogP contribution in [-0.4, -0.2) is 12.5 Å². The normalized spacial score (nSPS) is 10.5. The Hall–Kier alpha value is -1.88. The third-order valence-electron chi connectivity index (χ3n) is 3.35. The first-order valence-electron chi connectivity index (χ1n) is 6.57. The molecule has 0 aliphatic carbocycles. The van der Waals surface area contributed by atoms with Crippen molar-refractivity contribution in [3.8, 4) is 0 Å². The quantitative estimate of drug-likeness (QED) is 0.845. The van der Waals surface area contributed by atoms with Crippen molar-refractivity contribution < 1.29 is 9.18 Å². The molecule has 0 aromatic heterocycles. The van der Waals surface area contributed by atoms with E-state index in [-0.39, 0.29) is 11.6 Å². The molecular weight excluding hydrogens is 335 g/mol. The number of nitrogens with two attached hydrogens (primary N) is 1. The van der Waals surface area contributed by atoms with E-state index in [0.29, 0.717) is 23.4 Å². The number of nitrogen functional groups attached to an aromatic ring is 1. The summed E-state index contributed by atoms with van der Waals surface area (Å²) < 4.78 is 14.7. The third kappa shape index (κ3) is 3.08. The lowest BCUT2D eigenvalue weighted by atomic mass is 10.1. The van der Waals surface area contributed by atoms with E-state index in [0.717, 1.165) is 4.47 Å². The van der Waals surface area contributed by atoms with Crippen LogP contribution < -0.4 is 10.6 Å². The molecule has 0 spiro atoms. The van der Waals surface area contributed by atoms with Crippen LogP contribution in [0.15, 0.2) is 40.9 Å². The predicted octanol–water partition coefficient (Wildman–Crippen LogP) is 4.15. The molecule has 2 aromatic carbocycles. The molecule has 21 heavy (non-hydrogen) atoms. The Balaban J connectivity index is 2.49. The lowest BCUT2D eigenvalue weighted by molar-refractivity contribution is 0.0987. The Morgan fingerprint density at radius 3 is 2.62 bits per heavy atom. The topological polar surface area (TPSA) is 46.3 Å². The van der Waals surface area contributed by atoms with Gasteiger partial charge in [-0.05, 0) is 43.7 Å². The molecule has 2 N–H and O–H groups in total. The third-order valence-corrected chi connectivity index (χ3v) is 3.81. The first-order chi connectivity index (χ1) is 9.95. The van der Waals surface area contributed by atoms with Gasteiger partial charge in [-0.25, -0.2) is 4.39 Å². The molecular formula is C16H16BrFN2O. The number of carbonyl (C=O) groups is 1. The molecule has 0 aliphatic rings. The summed E-state index contributed by atoms with van der Waals surface area (Å²) in [6, 6.07) is 9.68. The zero-order chi connectivity index (χ0) is 15.6. The molecule has 0 radical (unpaired) electrons. The van der Waals surface area contributed by atoms with Crippen molar-refractivity contribution in [3.63, 3.8) is 0 Å². The summed E-state index contributed by atoms with van der Waals surface area (Å²) in [6.07, 6.45) is 0. The summed E-state index contributed by atoms with van der Waals surface area (Å²) in [6.45, 7) is 3.96. The fraction of sp³-hybridized carbons (Fsp3) is 0.188. The minimum absolute atomic E-state index is 0.267. The van der Waals surface area contributed by atoms with E-state index >= 15 is 0 Å². The van der Waals surface area contributed by atoms with E-state index in [1.54, 1.807) is 44.2 Å². The monoisotopic (exact) mass is 350 g/mol. The largest absolute Gasteiger partial charge is 0.398 e. The van der Waals surface area contributed by atoms with Crippen molar-refractivity contribution in [1.29, 1.82) is 0 Å². The first kappa shape index (κ1) is 15.5. The summed E-state index contributed by atoms with van der Waals surface area (Å²) >= 11 is 3.33. The molecule has 0 saturated carbocycles. The second-order valence-corrected chi connectivity index (χ2v) is 5.58. The Labute approximate surface area is 131 Å². The molecule has 1 amide bonds. The van der Waals surface area contributed by atoms with Crippen molar-refractivity contribution in [2.75, 3.05) is 17.2 Å². The van der Waals surface area contributed by atoms with Gasteiger partial charge in [0.05, 0.1) is 5.69 Å². The number of hydrogen-bond acceptors (Lipinski definition) is 2. The van der Waals surface area contributed by atoms with E-state index in [4.69, 9.17) is 5.73 Å². The van der Waals surface area contributed by atoms with Gasteiger partial charge in [-0.2, -0.15) is 0 Å². The number of amides is 1. The Morgan fingerprint density at radius 2 is 2.00 bits per heavy atom. The van der Waals surface area contributed by atoms with E-state index in [1.807, 2.05) is 0 Å². The molecule has 0 heterocycles. The van der Waals surface area contributed by atoms with Gasteiger partial charge in [0.1, 0.15) is 5.82 Å². The highest BCUT2D eigenvalue weighted by Gasteiger charge is 2.21. The predicted molar refractivity (Wildman–Crippen MR) is 87.0 cm³/mol. The molecule has 5 heteroatoms. The number of carbonyl (C=O) groups excluding carboxylic acids is 1. The number of halogens is 2. The summed E-state index contributed by atoms with van der Waals surface area (Å²) in [4.78, 5) is 14.1. The fourth-order valence-corrected chi connectivity index (χ4v) is 2.64. The van der Waals surface area contributed by atoms with Gasteiger partial charge in [-0.1, -0.05) is 28.1 Å². The Kier molecular flexibility index (Phi) is 4.63. The van der Waals surface area contributed by atoms with Gasteiger partial charge in [-0.3, -0.25) is 4.79 Å². The van der Waals surface area contributed by atoms with Crippen molar-refractivity contribution >= 4 is 33.2 Å². The van der Waals surface area contributed by atoms with E-state index in [9.17, 15) is 9.18 Å². The molecule has 110 valence electrons. The Morgan fingerprint density at radius 1 is 1.33 bits per heavy atom. The average Bonchev–Trinajstić information content (AvgIpc) is 2.45. The van der Waals surface area contributed by atoms with Crippen LogP contribution in [0.4, 0.5) is 15.8 Å². The first-order valence-corrected chi connectivity index (χ1v) is 7.37. The minimum atomic E-state index is -0.423.